The summed E-state index contributed by atoms with van der Waals surface area (Å²) in [6, 6.07) is 19.4. The lowest BCUT2D eigenvalue weighted by Crippen LogP contribution is -2.21. The fourth-order valence-electron chi connectivity index (χ4n) is 3.41. The Labute approximate surface area is 178 Å². The molecule has 0 radical (unpaired) electrons. The van der Waals surface area contributed by atoms with Gasteiger partial charge >= 0.3 is 0 Å². The Morgan fingerprint density at radius 1 is 1.07 bits per heavy atom. The van der Waals surface area contributed by atoms with Gasteiger partial charge in [-0.05, 0) is 42.3 Å². The quantitative estimate of drug-likeness (QED) is 0.334. The second-order valence-corrected chi connectivity index (χ2v) is 7.22. The van der Waals surface area contributed by atoms with Gasteiger partial charge < -0.3 is 10.2 Å². The van der Waals surface area contributed by atoms with Crippen molar-refractivity contribution >= 4 is 22.9 Å². The number of fused-ring (bicyclic) bond motifs is 1. The van der Waals surface area contributed by atoms with E-state index in [0.29, 0.717) is 5.69 Å². The number of hydrogen-bond acceptors (Lipinski definition) is 3. The zero-order valence-electron chi connectivity index (χ0n) is 17.3. The van der Waals surface area contributed by atoms with E-state index in [4.69, 9.17) is 0 Å². The van der Waals surface area contributed by atoms with Crippen LogP contribution in [0.25, 0.3) is 5.57 Å². The van der Waals surface area contributed by atoms with Crippen LogP contribution >= 0.6 is 0 Å². The number of carbonyl (C=O) groups excluding carboxylic acids is 1. The summed E-state index contributed by atoms with van der Waals surface area (Å²) in [5, 5.41) is 12.2. The predicted molar refractivity (Wildman–Crippen MR) is 124 cm³/mol. The van der Waals surface area contributed by atoms with Crippen LogP contribution in [0.2, 0.25) is 0 Å². The van der Waals surface area contributed by atoms with Crippen LogP contribution < -0.4 is 10.2 Å². The van der Waals surface area contributed by atoms with E-state index in [-0.39, 0.29) is 5.57 Å². The highest BCUT2D eigenvalue weighted by atomic mass is 16.1. The summed E-state index contributed by atoms with van der Waals surface area (Å²) in [4.78, 5) is 14.7. The summed E-state index contributed by atoms with van der Waals surface area (Å²) < 4.78 is 0. The molecule has 1 amide bonds. The summed E-state index contributed by atoms with van der Waals surface area (Å²) in [6.07, 6.45) is 12.4. The van der Waals surface area contributed by atoms with Crippen molar-refractivity contribution in [1.82, 2.24) is 0 Å². The molecule has 0 saturated carbocycles. The van der Waals surface area contributed by atoms with E-state index in [1.54, 1.807) is 18.2 Å². The number of unbranched alkanes of at least 4 members (excludes halogenated alkanes) is 3. The highest BCUT2D eigenvalue weighted by Gasteiger charge is 2.15. The van der Waals surface area contributed by atoms with Crippen molar-refractivity contribution < 1.29 is 4.79 Å². The summed E-state index contributed by atoms with van der Waals surface area (Å²) in [6.45, 7) is 3.20. The number of amides is 1. The molecule has 0 atom stereocenters. The lowest BCUT2D eigenvalue weighted by Gasteiger charge is -2.27. The van der Waals surface area contributed by atoms with Crippen LogP contribution in [-0.2, 0) is 4.79 Å². The number of nitriles is 1. The summed E-state index contributed by atoms with van der Waals surface area (Å²) in [5.74, 6) is -0.411. The summed E-state index contributed by atoms with van der Waals surface area (Å²) >= 11 is 0. The maximum atomic E-state index is 12.4. The average molecular weight is 398 g/mol. The zero-order chi connectivity index (χ0) is 21.2. The minimum atomic E-state index is -0.411. The van der Waals surface area contributed by atoms with Gasteiger partial charge in [-0.3, -0.25) is 4.79 Å². The Morgan fingerprint density at radius 2 is 1.83 bits per heavy atom. The van der Waals surface area contributed by atoms with E-state index in [1.165, 1.54) is 19.3 Å². The molecule has 0 bridgehead atoms. The van der Waals surface area contributed by atoms with Crippen molar-refractivity contribution in [3.63, 3.8) is 0 Å². The van der Waals surface area contributed by atoms with Gasteiger partial charge in [-0.1, -0.05) is 68.7 Å². The topological polar surface area (TPSA) is 56.1 Å². The number of hydrogen-bond donors (Lipinski definition) is 1. The van der Waals surface area contributed by atoms with Crippen LogP contribution in [0.5, 0.6) is 0 Å². The van der Waals surface area contributed by atoms with Crippen LogP contribution in [-0.4, -0.2) is 12.5 Å². The van der Waals surface area contributed by atoms with Crippen LogP contribution in [0, 0.1) is 11.3 Å². The van der Waals surface area contributed by atoms with Gasteiger partial charge in [0.1, 0.15) is 11.6 Å². The molecule has 1 aliphatic heterocycles. The molecule has 0 aromatic heterocycles. The maximum Gasteiger partial charge on any atom is 0.266 e. The second kappa shape index (κ2) is 10.8. The van der Waals surface area contributed by atoms with Crippen molar-refractivity contribution in [1.29, 1.82) is 5.26 Å². The lowest BCUT2D eigenvalue weighted by atomic mass is 9.98. The van der Waals surface area contributed by atoms with Gasteiger partial charge in [0.2, 0.25) is 0 Å². The van der Waals surface area contributed by atoms with E-state index < -0.39 is 5.91 Å². The zero-order valence-corrected chi connectivity index (χ0v) is 17.3. The van der Waals surface area contributed by atoms with Crippen LogP contribution in [0.3, 0.4) is 0 Å². The summed E-state index contributed by atoms with van der Waals surface area (Å²) in [7, 11) is 0. The first-order valence-corrected chi connectivity index (χ1v) is 10.5. The number of para-hydroxylation sites is 2. The fraction of sp³-hybridized carbons (Fsp3) is 0.231. The van der Waals surface area contributed by atoms with E-state index >= 15 is 0 Å². The van der Waals surface area contributed by atoms with Gasteiger partial charge in [-0.15, -0.1) is 0 Å². The number of anilines is 2. The Hall–Kier alpha value is -3.58. The second-order valence-electron chi connectivity index (χ2n) is 7.22. The molecule has 1 N–H and O–H groups in total. The van der Waals surface area contributed by atoms with Crippen molar-refractivity contribution in [2.45, 2.75) is 32.6 Å². The Bertz CT molecular complexity index is 996. The van der Waals surface area contributed by atoms with Crippen LogP contribution in [0.1, 0.15) is 38.2 Å². The van der Waals surface area contributed by atoms with Gasteiger partial charge in [0.15, 0.2) is 0 Å². The SMILES string of the molecule is CCCCCCN1C=C/C(=C\C=C(/C#N)C(=O)Nc2ccccc2)c2ccccc21. The molecule has 4 heteroatoms. The Balaban J connectivity index is 1.77. The number of allylic oxidation sites excluding steroid dienone is 4. The molecule has 0 spiro atoms. The minimum Gasteiger partial charge on any atom is -0.347 e. The molecule has 152 valence electrons. The Kier molecular flexibility index (Phi) is 7.63. The molecule has 0 aliphatic carbocycles. The molecule has 2 aromatic rings. The van der Waals surface area contributed by atoms with Crippen molar-refractivity contribution in [2.24, 2.45) is 0 Å². The molecule has 1 aliphatic rings. The van der Waals surface area contributed by atoms with Crippen molar-refractivity contribution in [2.75, 3.05) is 16.8 Å². The predicted octanol–water partition coefficient (Wildman–Crippen LogP) is 6.07. The fourth-order valence-corrected chi connectivity index (χ4v) is 3.41. The third kappa shape index (κ3) is 5.48. The number of benzene rings is 2. The normalized spacial score (nSPS) is 14.3. The highest BCUT2D eigenvalue weighted by Crippen LogP contribution is 2.33. The number of carbonyl (C=O) groups is 1. The van der Waals surface area contributed by atoms with Crippen molar-refractivity contribution in [3.05, 3.63) is 90.2 Å². The van der Waals surface area contributed by atoms with Crippen molar-refractivity contribution in [3.8, 4) is 6.07 Å². The third-order valence-corrected chi connectivity index (χ3v) is 5.04. The van der Waals surface area contributed by atoms with Crippen LogP contribution in [0.4, 0.5) is 11.4 Å². The van der Waals surface area contributed by atoms with E-state index in [0.717, 1.165) is 29.8 Å². The van der Waals surface area contributed by atoms with Gasteiger partial charge in [-0.25, -0.2) is 0 Å². The molecule has 3 rings (SSSR count). The standard InChI is InChI=1S/C26H27N3O/c1-2-3-4-10-18-29-19-17-21(24-13-8-9-14-25(24)29)15-16-22(20-27)26(30)28-23-11-6-5-7-12-23/h5-9,11-17,19H,2-4,10,18H2,1H3,(H,28,30)/b21-15+,22-16+. The largest absolute Gasteiger partial charge is 0.347 e. The van der Waals surface area contributed by atoms with E-state index in [1.807, 2.05) is 48.6 Å². The van der Waals surface area contributed by atoms with E-state index in [2.05, 4.69) is 35.5 Å². The molecule has 0 saturated heterocycles. The number of rotatable bonds is 8. The molecule has 1 heterocycles. The molecule has 0 unspecified atom stereocenters. The molecule has 30 heavy (non-hydrogen) atoms. The Morgan fingerprint density at radius 3 is 2.60 bits per heavy atom. The first-order valence-electron chi connectivity index (χ1n) is 10.5. The van der Waals surface area contributed by atoms with Gasteiger partial charge in [0.25, 0.3) is 5.91 Å². The highest BCUT2D eigenvalue weighted by molar-refractivity contribution is 6.07. The first kappa shape index (κ1) is 21.1. The molecular formula is C26H27N3O. The minimum absolute atomic E-state index is 0.0687. The monoisotopic (exact) mass is 397 g/mol. The van der Waals surface area contributed by atoms with Gasteiger partial charge in [0.05, 0.1) is 0 Å². The molecule has 4 nitrogen and oxygen atoms in total. The van der Waals surface area contributed by atoms with Crippen LogP contribution in [0.15, 0.2) is 84.6 Å². The lowest BCUT2D eigenvalue weighted by molar-refractivity contribution is -0.112. The average Bonchev–Trinajstić information content (AvgIpc) is 2.78. The first-order chi connectivity index (χ1) is 14.7. The summed E-state index contributed by atoms with van der Waals surface area (Å²) in [5.41, 5.74) is 3.98. The third-order valence-electron chi connectivity index (χ3n) is 5.04. The van der Waals surface area contributed by atoms with E-state index in [9.17, 15) is 10.1 Å². The maximum absolute atomic E-state index is 12.4. The van der Waals surface area contributed by atoms with Gasteiger partial charge in [-0.2, -0.15) is 5.26 Å². The number of nitrogens with zero attached hydrogens (tertiary/aromatic N) is 2. The smallest absolute Gasteiger partial charge is 0.266 e. The molecule has 0 fully saturated rings. The molecule has 2 aromatic carbocycles. The van der Waals surface area contributed by atoms with Gasteiger partial charge in [0, 0.05) is 29.7 Å². The molecular weight excluding hydrogens is 370 g/mol. The number of nitrogens with one attached hydrogen (secondary N) is 1.